The van der Waals surface area contributed by atoms with Crippen LogP contribution in [0.5, 0.6) is 0 Å². The molecule has 2 saturated heterocycles. The van der Waals surface area contributed by atoms with Gasteiger partial charge in [-0.15, -0.1) is 0 Å². The molecule has 2 fully saturated rings. The van der Waals surface area contributed by atoms with Gasteiger partial charge in [-0.25, -0.2) is 4.79 Å². The van der Waals surface area contributed by atoms with Crippen LogP contribution in [0.15, 0.2) is 0 Å². The van der Waals surface area contributed by atoms with Crippen molar-refractivity contribution in [1.82, 2.24) is 0 Å². The van der Waals surface area contributed by atoms with Crippen molar-refractivity contribution in [1.29, 1.82) is 0 Å². The van der Waals surface area contributed by atoms with E-state index in [4.69, 9.17) is 28.8 Å². The molecule has 2 N–H and O–H groups in total. The summed E-state index contributed by atoms with van der Waals surface area (Å²) in [6.07, 6.45) is -4.29. The zero-order valence-electron chi connectivity index (χ0n) is 13.2. The van der Waals surface area contributed by atoms with E-state index in [-0.39, 0.29) is 12.7 Å². The van der Waals surface area contributed by atoms with Crippen LogP contribution >= 0.6 is 0 Å². The maximum atomic E-state index is 11.6. The average molecular weight is 320 g/mol. The molecule has 0 aromatic carbocycles. The Morgan fingerprint density at radius 2 is 2.00 bits per heavy atom. The standard InChI is InChI=1S/C14H24O8/c1-7(2)19-9(17)6-18-11-10(8(16)5-15)20-13-12(11)21-14(3,4)22-13/h7-8,10-13,15-16H,5-6H2,1-4H3/t8-,10-,11-,12-,13-/m1/s1. The second-order valence-electron chi connectivity index (χ2n) is 6.13. The van der Waals surface area contributed by atoms with Gasteiger partial charge < -0.3 is 33.9 Å². The lowest BCUT2D eigenvalue weighted by Crippen LogP contribution is -2.44. The normalized spacial score (nSPS) is 34.7. The number of hydrogen-bond donors (Lipinski definition) is 2. The van der Waals surface area contributed by atoms with Crippen LogP contribution in [0.1, 0.15) is 27.7 Å². The number of carbonyl (C=O) groups is 1. The van der Waals surface area contributed by atoms with Crippen molar-refractivity contribution < 1.29 is 38.7 Å². The highest BCUT2D eigenvalue weighted by Gasteiger charge is 2.57. The van der Waals surface area contributed by atoms with Gasteiger partial charge in [0.2, 0.25) is 0 Å². The van der Waals surface area contributed by atoms with Gasteiger partial charge in [0.1, 0.15) is 31.0 Å². The Morgan fingerprint density at radius 1 is 1.32 bits per heavy atom. The van der Waals surface area contributed by atoms with Gasteiger partial charge in [0, 0.05) is 0 Å². The van der Waals surface area contributed by atoms with E-state index in [2.05, 4.69) is 0 Å². The van der Waals surface area contributed by atoms with Crippen LogP contribution in [-0.4, -0.2) is 72.0 Å². The highest BCUT2D eigenvalue weighted by atomic mass is 16.8. The molecule has 0 aromatic rings. The third kappa shape index (κ3) is 3.95. The Kier molecular flexibility index (Phi) is 5.41. The maximum Gasteiger partial charge on any atom is 0.332 e. The van der Waals surface area contributed by atoms with Crippen molar-refractivity contribution in [2.45, 2.75) is 70.3 Å². The molecule has 0 spiro atoms. The first-order valence-electron chi connectivity index (χ1n) is 7.34. The first kappa shape index (κ1) is 17.6. The lowest BCUT2D eigenvalue weighted by Gasteiger charge is -2.27. The van der Waals surface area contributed by atoms with Crippen molar-refractivity contribution in [2.75, 3.05) is 13.2 Å². The lowest BCUT2D eigenvalue weighted by atomic mass is 10.1. The van der Waals surface area contributed by atoms with E-state index in [0.717, 1.165) is 0 Å². The van der Waals surface area contributed by atoms with Crippen LogP contribution in [0.2, 0.25) is 0 Å². The first-order chi connectivity index (χ1) is 10.2. The number of rotatable bonds is 6. The van der Waals surface area contributed by atoms with Crippen molar-refractivity contribution >= 4 is 5.97 Å². The van der Waals surface area contributed by atoms with Gasteiger partial charge in [-0.3, -0.25) is 0 Å². The number of hydrogen-bond acceptors (Lipinski definition) is 8. The predicted molar refractivity (Wildman–Crippen MR) is 72.8 cm³/mol. The van der Waals surface area contributed by atoms with Gasteiger partial charge in [0.15, 0.2) is 12.1 Å². The van der Waals surface area contributed by atoms with Crippen molar-refractivity contribution in [3.63, 3.8) is 0 Å². The molecule has 2 rings (SSSR count). The molecule has 0 bridgehead atoms. The number of fused-ring (bicyclic) bond motifs is 1. The van der Waals surface area contributed by atoms with E-state index in [0.29, 0.717) is 0 Å². The Balaban J connectivity index is 2.01. The number of aliphatic hydroxyl groups excluding tert-OH is 2. The van der Waals surface area contributed by atoms with Gasteiger partial charge in [-0.05, 0) is 27.7 Å². The topological polar surface area (TPSA) is 104 Å². The van der Waals surface area contributed by atoms with E-state index < -0.39 is 49.1 Å². The van der Waals surface area contributed by atoms with E-state index in [1.807, 2.05) is 0 Å². The van der Waals surface area contributed by atoms with Gasteiger partial charge >= 0.3 is 5.97 Å². The second kappa shape index (κ2) is 6.77. The Bertz CT molecular complexity index is 396. The average Bonchev–Trinajstić information content (AvgIpc) is 2.86. The van der Waals surface area contributed by atoms with Crippen molar-refractivity contribution in [3.8, 4) is 0 Å². The largest absolute Gasteiger partial charge is 0.461 e. The minimum Gasteiger partial charge on any atom is -0.461 e. The molecule has 0 aliphatic carbocycles. The van der Waals surface area contributed by atoms with Crippen LogP contribution in [0.25, 0.3) is 0 Å². The van der Waals surface area contributed by atoms with Crippen molar-refractivity contribution in [3.05, 3.63) is 0 Å². The Morgan fingerprint density at radius 3 is 2.59 bits per heavy atom. The maximum absolute atomic E-state index is 11.6. The summed E-state index contributed by atoms with van der Waals surface area (Å²) in [6.45, 7) is 6.15. The number of ether oxygens (including phenoxy) is 5. The van der Waals surface area contributed by atoms with Crippen LogP contribution in [0.3, 0.4) is 0 Å². The molecule has 0 radical (unpaired) electrons. The summed E-state index contributed by atoms with van der Waals surface area (Å²) in [5.74, 6) is -1.36. The summed E-state index contributed by atoms with van der Waals surface area (Å²) in [5, 5.41) is 19.0. The number of aliphatic hydroxyl groups is 2. The molecule has 8 nitrogen and oxygen atoms in total. The zero-order chi connectivity index (χ0) is 16.5. The molecule has 0 saturated carbocycles. The quantitative estimate of drug-likeness (QED) is 0.635. The fourth-order valence-corrected chi connectivity index (χ4v) is 2.57. The SMILES string of the molecule is CC(C)OC(=O)CO[C@H]1[C@H]2OC(C)(C)O[C@H]2O[C@@H]1[C@H](O)CO. The highest BCUT2D eigenvalue weighted by molar-refractivity contribution is 5.70. The number of carbonyl (C=O) groups excluding carboxylic acids is 1. The summed E-state index contributed by atoms with van der Waals surface area (Å²) in [7, 11) is 0. The molecule has 5 atom stereocenters. The van der Waals surface area contributed by atoms with E-state index in [9.17, 15) is 9.90 Å². The third-order valence-electron chi connectivity index (χ3n) is 3.35. The first-order valence-corrected chi connectivity index (χ1v) is 7.34. The Labute approximate surface area is 129 Å². The van der Waals surface area contributed by atoms with Crippen LogP contribution in [-0.2, 0) is 28.5 Å². The molecule has 22 heavy (non-hydrogen) atoms. The third-order valence-corrected chi connectivity index (χ3v) is 3.35. The van der Waals surface area contributed by atoms with Crippen LogP contribution in [0.4, 0.5) is 0 Å². The molecule has 2 heterocycles. The van der Waals surface area contributed by atoms with Gasteiger partial charge in [-0.1, -0.05) is 0 Å². The van der Waals surface area contributed by atoms with Crippen molar-refractivity contribution in [2.24, 2.45) is 0 Å². The second-order valence-corrected chi connectivity index (χ2v) is 6.13. The molecule has 0 amide bonds. The molecular formula is C14H24O8. The van der Waals surface area contributed by atoms with Gasteiger partial charge in [0.05, 0.1) is 12.7 Å². The lowest BCUT2D eigenvalue weighted by molar-refractivity contribution is -0.231. The summed E-state index contributed by atoms with van der Waals surface area (Å²) in [4.78, 5) is 11.6. The fraction of sp³-hybridized carbons (Fsp3) is 0.929. The van der Waals surface area contributed by atoms with Crippen LogP contribution in [0, 0.1) is 0 Å². The monoisotopic (exact) mass is 320 g/mol. The summed E-state index contributed by atoms with van der Waals surface area (Å²) >= 11 is 0. The van der Waals surface area contributed by atoms with Gasteiger partial charge in [0.25, 0.3) is 0 Å². The fourth-order valence-electron chi connectivity index (χ4n) is 2.57. The zero-order valence-corrected chi connectivity index (χ0v) is 13.2. The predicted octanol–water partition coefficient (Wildman–Crippen LogP) is -0.447. The number of esters is 1. The minimum atomic E-state index is -1.16. The summed E-state index contributed by atoms with van der Waals surface area (Å²) in [5.41, 5.74) is 0. The molecule has 2 aliphatic heterocycles. The molecule has 0 unspecified atom stereocenters. The van der Waals surface area contributed by atoms with E-state index >= 15 is 0 Å². The highest BCUT2D eigenvalue weighted by Crippen LogP contribution is 2.39. The Hall–Kier alpha value is -0.770. The molecule has 2 aliphatic rings. The summed E-state index contributed by atoms with van der Waals surface area (Å²) < 4.78 is 27.4. The summed E-state index contributed by atoms with van der Waals surface area (Å²) in [6, 6.07) is 0. The van der Waals surface area contributed by atoms with E-state index in [1.165, 1.54) is 0 Å². The molecule has 8 heteroatoms. The minimum absolute atomic E-state index is 0.243. The smallest absolute Gasteiger partial charge is 0.332 e. The molecule has 0 aromatic heterocycles. The van der Waals surface area contributed by atoms with Gasteiger partial charge in [-0.2, -0.15) is 0 Å². The molecular weight excluding hydrogens is 296 g/mol. The van der Waals surface area contributed by atoms with E-state index in [1.54, 1.807) is 27.7 Å². The molecule has 128 valence electrons. The van der Waals surface area contributed by atoms with Crippen LogP contribution < -0.4 is 0 Å².